The van der Waals surface area contributed by atoms with Gasteiger partial charge in [-0.05, 0) is 62.2 Å². The van der Waals surface area contributed by atoms with Crippen LogP contribution in [0.5, 0.6) is 5.75 Å². The molecule has 0 radical (unpaired) electrons. The van der Waals surface area contributed by atoms with Crippen molar-refractivity contribution in [3.8, 4) is 17.0 Å². The van der Waals surface area contributed by atoms with E-state index in [4.69, 9.17) is 16.3 Å². The van der Waals surface area contributed by atoms with Crippen LogP contribution in [0.3, 0.4) is 0 Å². The number of methoxy groups -OCH3 is 1. The average Bonchev–Trinajstić information content (AvgIpc) is 2.88. The Hall–Kier alpha value is -3.58. The van der Waals surface area contributed by atoms with Gasteiger partial charge in [0.2, 0.25) is 0 Å². The number of hydrogen-bond acceptors (Lipinski definition) is 7. The number of halogens is 4. The first-order chi connectivity index (χ1) is 18.2. The van der Waals surface area contributed by atoms with E-state index in [1.54, 1.807) is 17.9 Å². The lowest BCUT2D eigenvalue weighted by Gasteiger charge is -2.38. The normalized spacial score (nSPS) is 18.1. The number of pyridine rings is 2. The Balaban J connectivity index is 1.70. The second-order valence-electron chi connectivity index (χ2n) is 9.27. The lowest BCUT2D eigenvalue weighted by Crippen LogP contribution is -2.46. The molecule has 1 aliphatic rings. The molecule has 1 fully saturated rings. The summed E-state index contributed by atoms with van der Waals surface area (Å²) in [5.41, 5.74) is -2.79. The Labute approximate surface area is 227 Å². The van der Waals surface area contributed by atoms with Crippen LogP contribution in [0, 0.1) is 5.41 Å². The molecule has 0 spiro atoms. The van der Waals surface area contributed by atoms with Gasteiger partial charge >= 0.3 is 12.1 Å². The number of hydrogen-bond donors (Lipinski definition) is 2. The van der Waals surface area contributed by atoms with Gasteiger partial charge in [0.05, 0.1) is 23.8 Å². The molecule has 3 heterocycles. The number of carboxylic acid groups (broad SMARTS) is 1. The minimum Gasteiger partial charge on any atom is -0.496 e. The monoisotopic (exact) mass is 584 g/mol. The van der Waals surface area contributed by atoms with E-state index in [-0.39, 0.29) is 34.5 Å². The van der Waals surface area contributed by atoms with Gasteiger partial charge in [0.25, 0.3) is 10.0 Å². The van der Waals surface area contributed by atoms with Crippen molar-refractivity contribution in [2.24, 2.45) is 5.41 Å². The number of rotatable bonds is 7. The highest BCUT2D eigenvalue weighted by atomic mass is 35.5. The number of carbonyl (C=O) groups is 1. The fourth-order valence-electron chi connectivity index (χ4n) is 4.34. The number of nitrogens with zero attached hydrogens (tertiary/aromatic N) is 3. The molecule has 0 saturated carbocycles. The highest BCUT2D eigenvalue weighted by Gasteiger charge is 2.39. The predicted molar refractivity (Wildman–Crippen MR) is 138 cm³/mol. The first kappa shape index (κ1) is 28.4. The number of carboxylic acids is 1. The quantitative estimate of drug-likeness (QED) is 0.383. The number of aliphatic carboxylic acids is 1. The topological polar surface area (TPSA) is 122 Å². The molecule has 208 valence electrons. The lowest BCUT2D eigenvalue weighted by atomic mass is 9.82. The third-order valence-corrected chi connectivity index (χ3v) is 7.87. The van der Waals surface area contributed by atoms with Gasteiger partial charge in [-0.1, -0.05) is 17.7 Å². The number of ether oxygens (including phenoxy) is 1. The number of benzene rings is 1. The number of alkyl halides is 3. The van der Waals surface area contributed by atoms with Gasteiger partial charge in [-0.2, -0.15) is 21.6 Å². The fraction of sp³-hybridized carbons (Fsp3) is 0.320. The number of anilines is 2. The average molecular weight is 585 g/mol. The number of sulfonamides is 1. The smallest absolute Gasteiger partial charge is 0.418 e. The van der Waals surface area contributed by atoms with E-state index in [2.05, 4.69) is 14.7 Å². The van der Waals surface area contributed by atoms with Crippen molar-refractivity contribution >= 4 is 39.2 Å². The van der Waals surface area contributed by atoms with Crippen molar-refractivity contribution in [3.63, 3.8) is 0 Å². The largest absolute Gasteiger partial charge is 0.496 e. The standard InChI is InChI=1S/C25H24ClF3N4O5S/c1-24(23(34)35)11-4-12-33(14-24)20-5-3-6-21(31-20)39(36,37)32-19-10-8-17(25(27,28)29)22(30-19)16-13-15(26)7-9-18(16)38-2/h3,5-10,13H,4,11-12,14H2,1-2H3,(H,30,32)(H,34,35)/t24-/m1/s1. The van der Waals surface area contributed by atoms with Crippen molar-refractivity contribution in [1.82, 2.24) is 9.97 Å². The lowest BCUT2D eigenvalue weighted by molar-refractivity contribution is -0.148. The third kappa shape index (κ3) is 6.04. The maximum atomic E-state index is 13.8. The van der Waals surface area contributed by atoms with Gasteiger partial charge in [0, 0.05) is 23.7 Å². The molecule has 0 unspecified atom stereocenters. The van der Waals surface area contributed by atoms with Gasteiger partial charge in [-0.25, -0.2) is 9.97 Å². The molecule has 9 nitrogen and oxygen atoms in total. The van der Waals surface area contributed by atoms with E-state index in [0.29, 0.717) is 25.5 Å². The van der Waals surface area contributed by atoms with Crippen LogP contribution in [-0.2, 0) is 21.0 Å². The molecule has 0 bridgehead atoms. The predicted octanol–water partition coefficient (Wildman–Crippen LogP) is 5.32. The first-order valence-corrected chi connectivity index (χ1v) is 13.5. The number of aromatic nitrogens is 2. The van der Waals surface area contributed by atoms with Gasteiger partial charge in [0.1, 0.15) is 17.4 Å². The summed E-state index contributed by atoms with van der Waals surface area (Å²) in [5.74, 6) is -1.03. The zero-order chi connectivity index (χ0) is 28.6. The van der Waals surface area contributed by atoms with E-state index in [9.17, 15) is 31.5 Å². The molecule has 2 aromatic heterocycles. The Morgan fingerprint density at radius 1 is 1.18 bits per heavy atom. The minimum atomic E-state index is -4.80. The van der Waals surface area contributed by atoms with Crippen molar-refractivity contribution in [2.75, 3.05) is 29.8 Å². The van der Waals surface area contributed by atoms with E-state index in [0.717, 1.165) is 6.07 Å². The zero-order valence-electron chi connectivity index (χ0n) is 20.8. The van der Waals surface area contributed by atoms with Crippen LogP contribution < -0.4 is 14.4 Å². The zero-order valence-corrected chi connectivity index (χ0v) is 22.4. The van der Waals surface area contributed by atoms with Crippen molar-refractivity contribution in [1.29, 1.82) is 0 Å². The van der Waals surface area contributed by atoms with Crippen LogP contribution in [0.1, 0.15) is 25.3 Å². The van der Waals surface area contributed by atoms with Crippen molar-refractivity contribution in [3.05, 3.63) is 59.1 Å². The highest BCUT2D eigenvalue weighted by Crippen LogP contribution is 2.41. The van der Waals surface area contributed by atoms with Gasteiger partial charge in [-0.3, -0.25) is 9.52 Å². The Kier molecular flexibility index (Phi) is 7.68. The molecule has 4 rings (SSSR count). The van der Waals surface area contributed by atoms with E-state index >= 15 is 0 Å². The van der Waals surface area contributed by atoms with Crippen LogP contribution in [0.25, 0.3) is 11.3 Å². The van der Waals surface area contributed by atoms with Gasteiger partial charge in [0.15, 0.2) is 5.03 Å². The van der Waals surface area contributed by atoms with Crippen LogP contribution in [0.15, 0.2) is 53.6 Å². The third-order valence-electron chi connectivity index (χ3n) is 6.38. The molecule has 3 aromatic rings. The number of piperidine rings is 1. The minimum absolute atomic E-state index is 0.0571. The molecule has 1 aromatic carbocycles. The second kappa shape index (κ2) is 10.5. The summed E-state index contributed by atoms with van der Waals surface area (Å²) in [6.45, 7) is 2.24. The van der Waals surface area contributed by atoms with Crippen molar-refractivity contribution in [2.45, 2.75) is 31.0 Å². The maximum Gasteiger partial charge on any atom is 0.418 e. The van der Waals surface area contributed by atoms with E-state index in [1.165, 1.54) is 37.4 Å². The fourth-order valence-corrected chi connectivity index (χ4v) is 5.48. The Bertz CT molecular complexity index is 1520. The molecule has 0 aliphatic carbocycles. The molecule has 2 N–H and O–H groups in total. The summed E-state index contributed by atoms with van der Waals surface area (Å²) in [4.78, 5) is 21.6. The molecule has 1 atom stereocenters. The van der Waals surface area contributed by atoms with Crippen LogP contribution in [-0.4, -0.2) is 49.7 Å². The highest BCUT2D eigenvalue weighted by molar-refractivity contribution is 7.92. The Morgan fingerprint density at radius 3 is 2.59 bits per heavy atom. The van der Waals surface area contributed by atoms with Crippen LogP contribution in [0.4, 0.5) is 24.8 Å². The summed E-state index contributed by atoms with van der Waals surface area (Å²) in [6, 6.07) is 9.89. The molecule has 0 amide bonds. The van der Waals surface area contributed by atoms with Crippen LogP contribution in [0.2, 0.25) is 5.02 Å². The molecule has 14 heteroatoms. The molecular formula is C25H24ClF3N4O5S. The van der Waals surface area contributed by atoms with E-state index in [1.807, 2.05) is 0 Å². The second-order valence-corrected chi connectivity index (χ2v) is 11.3. The first-order valence-electron chi connectivity index (χ1n) is 11.6. The van der Waals surface area contributed by atoms with Crippen molar-refractivity contribution < 1.29 is 36.2 Å². The SMILES string of the molecule is COc1ccc(Cl)cc1-c1nc(NS(=O)(=O)c2cccc(N3CCC[C@@](C)(C(=O)O)C3)n2)ccc1C(F)(F)F. The molecule has 1 aliphatic heterocycles. The summed E-state index contributed by atoms with van der Waals surface area (Å²) in [5, 5.41) is 9.31. The summed E-state index contributed by atoms with van der Waals surface area (Å²) in [6.07, 6.45) is -3.76. The maximum absolute atomic E-state index is 13.8. The summed E-state index contributed by atoms with van der Waals surface area (Å²) >= 11 is 6.01. The number of nitrogens with one attached hydrogen (secondary N) is 1. The van der Waals surface area contributed by atoms with Gasteiger partial charge in [-0.15, -0.1) is 0 Å². The van der Waals surface area contributed by atoms with E-state index < -0.39 is 43.9 Å². The summed E-state index contributed by atoms with van der Waals surface area (Å²) < 4.78 is 75.2. The molecule has 1 saturated heterocycles. The van der Waals surface area contributed by atoms with Gasteiger partial charge < -0.3 is 14.7 Å². The molecule has 39 heavy (non-hydrogen) atoms. The Morgan fingerprint density at radius 2 is 1.92 bits per heavy atom. The summed E-state index contributed by atoms with van der Waals surface area (Å²) in [7, 11) is -3.13. The molecular weight excluding hydrogens is 561 g/mol. The van der Waals surface area contributed by atoms with Crippen LogP contribution >= 0.6 is 11.6 Å².